The van der Waals surface area contributed by atoms with Crippen molar-refractivity contribution in [2.45, 2.75) is 19.9 Å². The molecule has 0 fully saturated rings. The Morgan fingerprint density at radius 3 is 2.62 bits per heavy atom. The van der Waals surface area contributed by atoms with E-state index in [-0.39, 0.29) is 35.7 Å². The first-order valence-corrected chi connectivity index (χ1v) is 8.43. The van der Waals surface area contributed by atoms with Crippen LogP contribution in [-0.4, -0.2) is 44.7 Å². The number of carbonyl (C=O) groups excluding carboxylic acids is 1. The van der Waals surface area contributed by atoms with Gasteiger partial charge in [0.05, 0.1) is 17.6 Å². The predicted molar refractivity (Wildman–Crippen MR) is 105 cm³/mol. The van der Waals surface area contributed by atoms with Crippen LogP contribution in [-0.2, 0) is 4.74 Å². The molecule has 154 valence electrons. The van der Waals surface area contributed by atoms with Gasteiger partial charge in [-0.15, -0.1) is 0 Å². The number of nitrogen functional groups attached to an aromatic ring is 1. The van der Waals surface area contributed by atoms with Gasteiger partial charge in [-0.1, -0.05) is 0 Å². The summed E-state index contributed by atoms with van der Waals surface area (Å²) < 4.78 is 5.02. The summed E-state index contributed by atoms with van der Waals surface area (Å²) >= 11 is 0. The van der Waals surface area contributed by atoms with Crippen LogP contribution >= 0.6 is 0 Å². The summed E-state index contributed by atoms with van der Waals surface area (Å²) in [5.41, 5.74) is 5.42. The molecule has 0 aliphatic carbocycles. The number of ketones is 1. The van der Waals surface area contributed by atoms with Crippen LogP contribution in [0.3, 0.4) is 0 Å². The number of aromatic nitrogens is 1. The number of phenols is 1. The number of anilines is 3. The van der Waals surface area contributed by atoms with E-state index in [0.29, 0.717) is 5.56 Å². The van der Waals surface area contributed by atoms with Crippen LogP contribution in [0.25, 0.3) is 0 Å². The lowest BCUT2D eigenvalue weighted by molar-refractivity contribution is -0.383. The van der Waals surface area contributed by atoms with Gasteiger partial charge < -0.3 is 26.1 Å². The Balaban J connectivity index is 2.34. The van der Waals surface area contributed by atoms with E-state index in [1.807, 2.05) is 0 Å². The Labute approximate surface area is 165 Å². The highest BCUT2D eigenvalue weighted by Crippen LogP contribution is 2.32. The normalized spacial score (nSPS) is 12.1. The number of pyridine rings is 1. The maximum atomic E-state index is 12.6. The number of nitro groups is 1. The molecule has 12 heteroatoms. The molecule has 12 nitrogen and oxygen atoms in total. The zero-order valence-corrected chi connectivity index (χ0v) is 15.6. The standard InChI is InChI=1S/C17H20N6O6/c1-3-29-17(22-26)21-13-8-12(14(23(27)28)16(18)20-13)19-9(2)15(25)10-4-6-11(24)7-5-10/h4-9,24,26H,3H2,1-2H3,(H4,18,19,20,21,22). The smallest absolute Gasteiger partial charge is 0.334 e. The molecule has 1 unspecified atom stereocenters. The first-order valence-electron chi connectivity index (χ1n) is 8.43. The van der Waals surface area contributed by atoms with Crippen molar-refractivity contribution in [1.82, 2.24) is 4.98 Å². The minimum absolute atomic E-state index is 0.00105. The lowest BCUT2D eigenvalue weighted by Crippen LogP contribution is -2.27. The number of phenolic OH excluding ortho intramolecular Hbond substituents is 1. The van der Waals surface area contributed by atoms with Gasteiger partial charge in [0, 0.05) is 11.6 Å². The number of nitrogens with two attached hydrogens (primary N) is 1. The fraction of sp³-hybridized carbons (Fsp3) is 0.235. The Bertz CT molecular complexity index is 931. The van der Waals surface area contributed by atoms with Gasteiger partial charge in [-0.25, -0.2) is 4.98 Å². The summed E-state index contributed by atoms with van der Waals surface area (Å²) in [5.74, 6) is -0.774. The van der Waals surface area contributed by atoms with Crippen molar-refractivity contribution in [3.05, 3.63) is 46.0 Å². The number of amidine groups is 1. The average Bonchev–Trinajstić information content (AvgIpc) is 2.67. The molecule has 0 amide bonds. The molecule has 2 aromatic rings. The molecule has 1 aromatic carbocycles. The number of oxime groups is 1. The van der Waals surface area contributed by atoms with E-state index in [9.17, 15) is 20.0 Å². The molecular formula is C17H20N6O6. The van der Waals surface area contributed by atoms with Crippen LogP contribution in [0.15, 0.2) is 35.5 Å². The third kappa shape index (κ3) is 5.22. The van der Waals surface area contributed by atoms with E-state index < -0.39 is 22.5 Å². The summed E-state index contributed by atoms with van der Waals surface area (Å²) in [6.07, 6.45) is 0. The lowest BCUT2D eigenvalue weighted by Gasteiger charge is -2.16. The van der Waals surface area contributed by atoms with Gasteiger partial charge in [0.25, 0.3) is 0 Å². The van der Waals surface area contributed by atoms with Crippen molar-refractivity contribution in [1.29, 1.82) is 0 Å². The number of aromatic hydroxyl groups is 1. The average molecular weight is 404 g/mol. The van der Waals surface area contributed by atoms with Gasteiger partial charge in [-0.2, -0.15) is 0 Å². The number of hydrogen-bond donors (Lipinski definition) is 5. The van der Waals surface area contributed by atoms with Gasteiger partial charge in [-0.05, 0) is 43.3 Å². The molecule has 0 saturated carbocycles. The highest BCUT2D eigenvalue weighted by atomic mass is 16.6. The molecule has 0 spiro atoms. The van der Waals surface area contributed by atoms with Crippen LogP contribution in [0.2, 0.25) is 0 Å². The van der Waals surface area contributed by atoms with E-state index in [2.05, 4.69) is 20.8 Å². The van der Waals surface area contributed by atoms with Crippen molar-refractivity contribution >= 4 is 34.8 Å². The summed E-state index contributed by atoms with van der Waals surface area (Å²) in [4.78, 5) is 27.1. The van der Waals surface area contributed by atoms with Crippen molar-refractivity contribution in [2.24, 2.45) is 5.16 Å². The summed E-state index contributed by atoms with van der Waals surface area (Å²) in [6.45, 7) is 3.37. The molecule has 0 saturated heterocycles. The second-order valence-corrected chi connectivity index (χ2v) is 5.79. The maximum Gasteiger partial charge on any atom is 0.334 e. The number of benzene rings is 1. The predicted octanol–water partition coefficient (Wildman–Crippen LogP) is 2.15. The monoisotopic (exact) mass is 404 g/mol. The van der Waals surface area contributed by atoms with Gasteiger partial charge in [0.15, 0.2) is 5.78 Å². The van der Waals surface area contributed by atoms with Crippen molar-refractivity contribution in [2.75, 3.05) is 23.0 Å². The van der Waals surface area contributed by atoms with Crippen LogP contribution in [0.1, 0.15) is 24.2 Å². The van der Waals surface area contributed by atoms with E-state index in [4.69, 9.17) is 15.7 Å². The zero-order chi connectivity index (χ0) is 21.6. The fourth-order valence-electron chi connectivity index (χ4n) is 2.43. The van der Waals surface area contributed by atoms with Gasteiger partial charge in [-0.3, -0.25) is 20.2 Å². The van der Waals surface area contributed by atoms with Crippen molar-refractivity contribution < 1.29 is 24.8 Å². The van der Waals surface area contributed by atoms with Crippen molar-refractivity contribution in [3.8, 4) is 5.75 Å². The number of nitrogens with zero attached hydrogens (tertiary/aromatic N) is 3. The second kappa shape index (κ2) is 9.21. The van der Waals surface area contributed by atoms with Gasteiger partial charge in [0.2, 0.25) is 5.82 Å². The highest BCUT2D eigenvalue weighted by molar-refractivity contribution is 6.02. The molecule has 0 aliphatic rings. The van der Waals surface area contributed by atoms with Gasteiger partial charge >= 0.3 is 11.7 Å². The molecule has 2 rings (SSSR count). The molecule has 0 aliphatic heterocycles. The molecule has 1 heterocycles. The van der Waals surface area contributed by atoms with E-state index in [1.165, 1.54) is 37.3 Å². The fourth-order valence-corrected chi connectivity index (χ4v) is 2.43. The van der Waals surface area contributed by atoms with Gasteiger partial charge in [0.1, 0.15) is 17.3 Å². The summed E-state index contributed by atoms with van der Waals surface area (Å²) in [6, 6.07) is 5.67. The number of carbonyl (C=O) groups is 1. The number of Topliss-reactive ketones (excluding diaryl/α,β-unsaturated/α-hetero) is 1. The molecule has 0 radical (unpaired) electrons. The van der Waals surface area contributed by atoms with E-state index in [1.54, 1.807) is 6.92 Å². The van der Waals surface area contributed by atoms with Crippen LogP contribution < -0.4 is 16.4 Å². The number of hydrogen-bond acceptors (Lipinski definition) is 10. The Morgan fingerprint density at radius 2 is 2.07 bits per heavy atom. The number of nitrogens with one attached hydrogen (secondary N) is 2. The third-order valence-corrected chi connectivity index (χ3v) is 3.73. The first-order chi connectivity index (χ1) is 13.8. The minimum atomic E-state index is -0.870. The molecule has 29 heavy (non-hydrogen) atoms. The largest absolute Gasteiger partial charge is 0.508 e. The Kier molecular flexibility index (Phi) is 6.74. The van der Waals surface area contributed by atoms with Crippen LogP contribution in [0.4, 0.5) is 23.0 Å². The van der Waals surface area contributed by atoms with Crippen molar-refractivity contribution in [3.63, 3.8) is 0 Å². The maximum absolute atomic E-state index is 12.6. The Hall–Kier alpha value is -4.09. The first kappa shape index (κ1) is 21.2. The topological polar surface area (TPSA) is 185 Å². The molecule has 1 atom stereocenters. The SMILES string of the molecule is CCOC(=NO)Nc1cc(NC(C)C(=O)c2ccc(O)cc2)c([N+](=O)[O-])c(N)n1. The zero-order valence-electron chi connectivity index (χ0n) is 15.6. The molecule has 0 bridgehead atoms. The number of ether oxygens (including phenoxy) is 1. The van der Waals surface area contributed by atoms with E-state index >= 15 is 0 Å². The van der Waals surface area contributed by atoms with E-state index in [0.717, 1.165) is 0 Å². The quantitative estimate of drug-likeness (QED) is 0.114. The Morgan fingerprint density at radius 1 is 1.41 bits per heavy atom. The minimum Gasteiger partial charge on any atom is -0.508 e. The lowest BCUT2D eigenvalue weighted by atomic mass is 10.0. The molecule has 1 aromatic heterocycles. The summed E-state index contributed by atoms with van der Waals surface area (Å²) in [5, 5.41) is 37.9. The van der Waals surface area contributed by atoms with Crippen LogP contribution in [0, 0.1) is 10.1 Å². The molecular weight excluding hydrogens is 384 g/mol. The van der Waals surface area contributed by atoms with Crippen LogP contribution in [0.5, 0.6) is 5.75 Å². The summed E-state index contributed by atoms with van der Waals surface area (Å²) in [7, 11) is 0. The second-order valence-electron chi connectivity index (χ2n) is 5.79. The highest BCUT2D eigenvalue weighted by Gasteiger charge is 2.25. The molecule has 6 N–H and O–H groups in total. The number of rotatable bonds is 7. The third-order valence-electron chi connectivity index (χ3n) is 3.73.